The SMILES string of the molecule is O=C(Nc1ccccc1)c1ccccc1NS(=O)(=O)c1cc(F)cc(F)c1. The molecule has 0 radical (unpaired) electrons. The molecule has 3 aromatic carbocycles. The Balaban J connectivity index is 1.90. The molecule has 3 rings (SSSR count). The highest BCUT2D eigenvalue weighted by Gasteiger charge is 2.20. The van der Waals surface area contributed by atoms with Crippen LogP contribution in [0.3, 0.4) is 0 Å². The Morgan fingerprint density at radius 2 is 1.41 bits per heavy atom. The van der Waals surface area contributed by atoms with E-state index in [2.05, 4.69) is 10.0 Å². The molecule has 0 aromatic heterocycles. The van der Waals surface area contributed by atoms with Gasteiger partial charge < -0.3 is 5.32 Å². The maximum atomic E-state index is 13.4. The van der Waals surface area contributed by atoms with Gasteiger partial charge in [-0.3, -0.25) is 9.52 Å². The number of rotatable bonds is 5. The fraction of sp³-hybridized carbons (Fsp3) is 0. The van der Waals surface area contributed by atoms with Crippen LogP contribution in [0.25, 0.3) is 0 Å². The average Bonchev–Trinajstić information content (AvgIpc) is 2.62. The number of halogens is 2. The molecule has 0 unspecified atom stereocenters. The summed E-state index contributed by atoms with van der Waals surface area (Å²) in [7, 11) is -4.30. The molecule has 0 aliphatic carbocycles. The minimum atomic E-state index is -4.30. The number of hydrogen-bond acceptors (Lipinski definition) is 3. The maximum absolute atomic E-state index is 13.4. The van der Waals surface area contributed by atoms with Crippen molar-refractivity contribution in [3.05, 3.63) is 90.0 Å². The van der Waals surface area contributed by atoms with Gasteiger partial charge in [0, 0.05) is 11.8 Å². The molecule has 0 aliphatic heterocycles. The number of carbonyl (C=O) groups excluding carboxylic acids is 1. The summed E-state index contributed by atoms with van der Waals surface area (Å²) in [5.41, 5.74) is 0.574. The first-order valence-corrected chi connectivity index (χ1v) is 9.28. The second kappa shape index (κ2) is 7.55. The van der Waals surface area contributed by atoms with E-state index in [0.717, 1.165) is 0 Å². The lowest BCUT2D eigenvalue weighted by Gasteiger charge is -2.13. The molecule has 0 spiro atoms. The lowest BCUT2D eigenvalue weighted by Crippen LogP contribution is -2.18. The van der Waals surface area contributed by atoms with Crippen LogP contribution < -0.4 is 10.0 Å². The molecule has 2 N–H and O–H groups in total. The number of para-hydroxylation sites is 2. The smallest absolute Gasteiger partial charge is 0.262 e. The van der Waals surface area contributed by atoms with Gasteiger partial charge in [0.1, 0.15) is 11.6 Å². The zero-order valence-electron chi connectivity index (χ0n) is 13.8. The van der Waals surface area contributed by atoms with Gasteiger partial charge in [-0.05, 0) is 36.4 Å². The van der Waals surface area contributed by atoms with Gasteiger partial charge in [-0.2, -0.15) is 0 Å². The van der Waals surface area contributed by atoms with Gasteiger partial charge >= 0.3 is 0 Å². The third kappa shape index (κ3) is 4.48. The van der Waals surface area contributed by atoms with Gasteiger partial charge in [-0.1, -0.05) is 30.3 Å². The zero-order valence-corrected chi connectivity index (χ0v) is 14.6. The van der Waals surface area contributed by atoms with E-state index in [1.807, 2.05) is 0 Å². The highest BCUT2D eigenvalue weighted by atomic mass is 32.2. The lowest BCUT2D eigenvalue weighted by molar-refractivity contribution is 0.102. The zero-order chi connectivity index (χ0) is 19.4. The van der Waals surface area contributed by atoms with E-state index in [0.29, 0.717) is 23.9 Å². The van der Waals surface area contributed by atoms with E-state index >= 15 is 0 Å². The third-order valence-electron chi connectivity index (χ3n) is 3.59. The third-order valence-corrected chi connectivity index (χ3v) is 4.94. The molecule has 0 fully saturated rings. The summed E-state index contributed by atoms with van der Waals surface area (Å²) in [6.07, 6.45) is 0. The van der Waals surface area contributed by atoms with Gasteiger partial charge in [0.15, 0.2) is 0 Å². The number of sulfonamides is 1. The molecular weight excluding hydrogens is 374 g/mol. The van der Waals surface area contributed by atoms with Crippen molar-refractivity contribution in [3.63, 3.8) is 0 Å². The van der Waals surface area contributed by atoms with E-state index in [9.17, 15) is 22.0 Å². The number of benzene rings is 3. The highest BCUT2D eigenvalue weighted by molar-refractivity contribution is 7.92. The van der Waals surface area contributed by atoms with Gasteiger partial charge in [-0.25, -0.2) is 17.2 Å². The van der Waals surface area contributed by atoms with E-state index in [4.69, 9.17) is 0 Å². The Hall–Kier alpha value is -3.26. The van der Waals surface area contributed by atoms with Crippen LogP contribution in [-0.4, -0.2) is 14.3 Å². The molecule has 138 valence electrons. The molecule has 1 amide bonds. The Kier molecular flexibility index (Phi) is 5.18. The van der Waals surface area contributed by atoms with Crippen molar-refractivity contribution >= 4 is 27.3 Å². The lowest BCUT2D eigenvalue weighted by atomic mass is 10.1. The van der Waals surface area contributed by atoms with Gasteiger partial charge in [0.2, 0.25) is 0 Å². The molecule has 8 heteroatoms. The highest BCUT2D eigenvalue weighted by Crippen LogP contribution is 2.22. The predicted molar refractivity (Wildman–Crippen MR) is 98.0 cm³/mol. The number of amides is 1. The van der Waals surface area contributed by atoms with Gasteiger partial charge in [-0.15, -0.1) is 0 Å². The molecule has 27 heavy (non-hydrogen) atoms. The topological polar surface area (TPSA) is 75.3 Å². The van der Waals surface area contributed by atoms with E-state index in [1.54, 1.807) is 36.4 Å². The first-order valence-electron chi connectivity index (χ1n) is 7.79. The second-order valence-corrected chi connectivity index (χ2v) is 7.26. The van der Waals surface area contributed by atoms with Crippen LogP contribution in [0.5, 0.6) is 0 Å². The van der Waals surface area contributed by atoms with Crippen molar-refractivity contribution in [2.45, 2.75) is 4.90 Å². The molecule has 0 atom stereocenters. The van der Waals surface area contributed by atoms with Crippen LogP contribution in [0, 0.1) is 11.6 Å². The first-order chi connectivity index (χ1) is 12.8. The van der Waals surface area contributed by atoms with Crippen molar-refractivity contribution in [2.24, 2.45) is 0 Å². The standard InChI is InChI=1S/C19H14F2N2O3S/c20-13-10-14(21)12-16(11-13)27(25,26)23-18-9-5-4-8-17(18)19(24)22-15-6-2-1-3-7-15/h1-12,23H,(H,22,24). The van der Waals surface area contributed by atoms with Crippen molar-refractivity contribution in [2.75, 3.05) is 10.0 Å². The van der Waals surface area contributed by atoms with Gasteiger partial charge in [0.25, 0.3) is 15.9 Å². The average molecular weight is 388 g/mol. The first kappa shape index (κ1) is 18.5. The number of carbonyl (C=O) groups is 1. The largest absolute Gasteiger partial charge is 0.322 e. The van der Waals surface area contributed by atoms with Crippen molar-refractivity contribution < 1.29 is 22.0 Å². The van der Waals surface area contributed by atoms with Crippen LogP contribution in [0.2, 0.25) is 0 Å². The Bertz CT molecular complexity index is 1070. The quantitative estimate of drug-likeness (QED) is 0.693. The molecule has 0 saturated heterocycles. The number of nitrogens with one attached hydrogen (secondary N) is 2. The van der Waals surface area contributed by atoms with E-state index in [-0.39, 0.29) is 11.3 Å². The summed E-state index contributed by atoms with van der Waals surface area (Å²) in [6.45, 7) is 0. The van der Waals surface area contributed by atoms with Crippen molar-refractivity contribution in [3.8, 4) is 0 Å². The Morgan fingerprint density at radius 1 is 0.815 bits per heavy atom. The molecule has 0 saturated carbocycles. The van der Waals surface area contributed by atoms with Crippen LogP contribution in [0.1, 0.15) is 10.4 Å². The summed E-state index contributed by atoms with van der Waals surface area (Å²) < 4.78 is 53.8. The van der Waals surface area contributed by atoms with E-state index in [1.165, 1.54) is 18.2 Å². The minimum absolute atomic E-state index is 0.0180. The second-order valence-electron chi connectivity index (χ2n) is 5.58. The number of anilines is 2. The molecule has 0 aliphatic rings. The summed E-state index contributed by atoms with van der Waals surface area (Å²) >= 11 is 0. The molecule has 0 heterocycles. The van der Waals surface area contributed by atoms with Gasteiger partial charge in [0.05, 0.1) is 16.1 Å². The van der Waals surface area contributed by atoms with Crippen molar-refractivity contribution in [1.29, 1.82) is 0 Å². The summed E-state index contributed by atoms with van der Waals surface area (Å²) in [6, 6.07) is 16.5. The molecule has 0 bridgehead atoms. The fourth-order valence-corrected chi connectivity index (χ4v) is 3.50. The predicted octanol–water partition coefficient (Wildman–Crippen LogP) is 4.02. The van der Waals surface area contributed by atoms with Crippen LogP contribution in [0.15, 0.2) is 77.7 Å². The summed E-state index contributed by atoms with van der Waals surface area (Å²) in [4.78, 5) is 11.9. The Morgan fingerprint density at radius 3 is 2.07 bits per heavy atom. The van der Waals surface area contributed by atoms with Crippen LogP contribution >= 0.6 is 0 Å². The fourth-order valence-electron chi connectivity index (χ4n) is 2.38. The summed E-state index contributed by atoms with van der Waals surface area (Å²) in [5.74, 6) is -2.58. The molecule has 5 nitrogen and oxygen atoms in total. The van der Waals surface area contributed by atoms with Crippen LogP contribution in [0.4, 0.5) is 20.2 Å². The number of hydrogen-bond donors (Lipinski definition) is 2. The normalized spacial score (nSPS) is 11.0. The minimum Gasteiger partial charge on any atom is -0.322 e. The molecule has 3 aromatic rings. The maximum Gasteiger partial charge on any atom is 0.262 e. The molecular formula is C19H14F2N2O3S. The summed E-state index contributed by atoms with van der Waals surface area (Å²) in [5, 5.41) is 2.65. The monoisotopic (exact) mass is 388 g/mol. The Labute approximate surface area is 154 Å². The van der Waals surface area contributed by atoms with Crippen LogP contribution in [-0.2, 0) is 10.0 Å². The van der Waals surface area contributed by atoms with E-state index < -0.39 is 32.5 Å². The van der Waals surface area contributed by atoms with Crippen molar-refractivity contribution in [1.82, 2.24) is 0 Å².